The minimum atomic E-state index is -0.746. The predicted octanol–water partition coefficient (Wildman–Crippen LogP) is 4.88. The summed E-state index contributed by atoms with van der Waals surface area (Å²) in [5.41, 5.74) is 5.22. The van der Waals surface area contributed by atoms with Crippen molar-refractivity contribution in [2.75, 3.05) is 5.32 Å². The number of aromatic nitrogens is 5. The Bertz CT molecular complexity index is 1390. The lowest BCUT2D eigenvalue weighted by molar-refractivity contribution is -0.143. The van der Waals surface area contributed by atoms with E-state index in [1.165, 1.54) is 0 Å². The van der Waals surface area contributed by atoms with Gasteiger partial charge in [0.05, 0.1) is 35.6 Å². The molecule has 1 aliphatic rings. The lowest BCUT2D eigenvalue weighted by Crippen LogP contribution is -2.29. The highest BCUT2D eigenvalue weighted by atomic mass is 16.5. The van der Waals surface area contributed by atoms with Crippen molar-refractivity contribution in [3.63, 3.8) is 0 Å². The van der Waals surface area contributed by atoms with Crippen LogP contribution < -0.4 is 10.1 Å². The molecule has 3 heterocycles. The van der Waals surface area contributed by atoms with E-state index < -0.39 is 5.97 Å². The second-order valence-electron chi connectivity index (χ2n) is 9.38. The average Bonchev–Trinajstić information content (AvgIpc) is 3.29. The Labute approximate surface area is 215 Å². The normalized spacial score (nSPS) is 17.4. The highest BCUT2D eigenvalue weighted by Gasteiger charge is 2.28. The van der Waals surface area contributed by atoms with Crippen molar-refractivity contribution in [3.05, 3.63) is 72.2 Å². The van der Waals surface area contributed by atoms with E-state index in [0.717, 1.165) is 41.2 Å². The molecular formula is C28H30N6O3. The molecular weight excluding hydrogens is 468 g/mol. The Balaban J connectivity index is 1.30. The lowest BCUT2D eigenvalue weighted by atomic mass is 9.87. The first kappa shape index (κ1) is 24.4. The number of aliphatic carboxylic acids is 1. The van der Waals surface area contributed by atoms with E-state index in [1.807, 2.05) is 56.4 Å². The number of pyridine rings is 2. The molecule has 5 rings (SSSR count). The van der Waals surface area contributed by atoms with Crippen molar-refractivity contribution in [1.82, 2.24) is 25.0 Å². The zero-order valence-corrected chi connectivity index (χ0v) is 21.0. The first-order valence-corrected chi connectivity index (χ1v) is 12.5. The Morgan fingerprint density at radius 1 is 1.14 bits per heavy atom. The van der Waals surface area contributed by atoms with E-state index in [2.05, 4.69) is 32.7 Å². The van der Waals surface area contributed by atoms with Gasteiger partial charge in [0.2, 0.25) is 0 Å². The van der Waals surface area contributed by atoms with E-state index in [9.17, 15) is 9.90 Å². The highest BCUT2D eigenvalue weighted by molar-refractivity contribution is 5.70. The van der Waals surface area contributed by atoms with Gasteiger partial charge in [-0.3, -0.25) is 4.79 Å². The van der Waals surface area contributed by atoms with E-state index in [4.69, 9.17) is 9.72 Å². The molecule has 2 N–H and O–H groups in total. The summed E-state index contributed by atoms with van der Waals surface area (Å²) in [5, 5.41) is 21.3. The van der Waals surface area contributed by atoms with Crippen LogP contribution >= 0.6 is 0 Å². The van der Waals surface area contributed by atoms with Crippen LogP contribution in [0, 0.1) is 12.8 Å². The number of carbonyl (C=O) groups is 1. The summed E-state index contributed by atoms with van der Waals surface area (Å²) in [7, 11) is 1.85. The molecule has 0 radical (unpaired) electrons. The molecule has 0 spiro atoms. The number of anilines is 1. The highest BCUT2D eigenvalue weighted by Crippen LogP contribution is 2.30. The zero-order valence-electron chi connectivity index (χ0n) is 21.0. The second kappa shape index (κ2) is 10.8. The van der Waals surface area contributed by atoms with E-state index in [-0.39, 0.29) is 12.0 Å². The molecule has 1 aliphatic carbocycles. The summed E-state index contributed by atoms with van der Waals surface area (Å²) < 4.78 is 7.89. The van der Waals surface area contributed by atoms with Gasteiger partial charge in [-0.05, 0) is 68.0 Å². The average molecular weight is 499 g/mol. The fraction of sp³-hybridized carbons (Fsp3) is 0.321. The second-order valence-corrected chi connectivity index (χ2v) is 9.38. The maximum absolute atomic E-state index is 11.4. The number of carboxylic acid groups (broad SMARTS) is 1. The molecule has 2 atom stereocenters. The van der Waals surface area contributed by atoms with E-state index in [1.54, 1.807) is 10.9 Å². The van der Waals surface area contributed by atoms with Crippen LogP contribution in [-0.2, 0) is 18.4 Å². The monoisotopic (exact) mass is 498 g/mol. The molecule has 9 heteroatoms. The molecule has 0 aliphatic heterocycles. The summed E-state index contributed by atoms with van der Waals surface area (Å²) in [5.74, 6) is 0.340. The van der Waals surface area contributed by atoms with E-state index >= 15 is 0 Å². The molecule has 1 aromatic carbocycles. The van der Waals surface area contributed by atoms with Gasteiger partial charge in [-0.1, -0.05) is 35.5 Å². The molecule has 0 saturated heterocycles. The minimum Gasteiger partial charge on any atom is -0.489 e. The van der Waals surface area contributed by atoms with Crippen LogP contribution in [0.4, 0.5) is 5.82 Å². The van der Waals surface area contributed by atoms with Gasteiger partial charge in [0.25, 0.3) is 0 Å². The van der Waals surface area contributed by atoms with Gasteiger partial charge in [-0.15, -0.1) is 5.10 Å². The van der Waals surface area contributed by atoms with E-state index in [0.29, 0.717) is 36.5 Å². The first-order valence-electron chi connectivity index (χ1n) is 12.5. The molecule has 37 heavy (non-hydrogen) atoms. The molecule has 0 amide bonds. The largest absolute Gasteiger partial charge is 0.489 e. The van der Waals surface area contributed by atoms with Crippen LogP contribution in [0.25, 0.3) is 22.5 Å². The smallest absolute Gasteiger partial charge is 0.306 e. The summed E-state index contributed by atoms with van der Waals surface area (Å²) in [6.45, 7) is 2.37. The van der Waals surface area contributed by atoms with Crippen molar-refractivity contribution in [2.24, 2.45) is 13.0 Å². The number of hydrogen-bond donors (Lipinski definition) is 2. The van der Waals surface area contributed by atoms with Crippen molar-refractivity contribution < 1.29 is 14.6 Å². The molecule has 1 saturated carbocycles. The van der Waals surface area contributed by atoms with Crippen molar-refractivity contribution >= 4 is 11.8 Å². The fourth-order valence-electron chi connectivity index (χ4n) is 4.75. The number of nitrogens with zero attached hydrogens (tertiary/aromatic N) is 5. The van der Waals surface area contributed by atoms with Crippen LogP contribution in [0.15, 0.2) is 60.8 Å². The summed E-state index contributed by atoms with van der Waals surface area (Å²) in [6, 6.07) is 18.0. The SMILES string of the molecule is Cc1nc(-c2nnn(C)c2CNc2cc(-c3ccccc3)ccn2)ccc1OC1CCCC(C(=O)O)C1. The number of benzene rings is 1. The Hall–Kier alpha value is -4.27. The van der Waals surface area contributed by atoms with Crippen LogP contribution in [0.5, 0.6) is 5.75 Å². The number of ether oxygens (including phenoxy) is 1. The summed E-state index contributed by atoms with van der Waals surface area (Å²) in [4.78, 5) is 20.6. The van der Waals surface area contributed by atoms with Crippen LogP contribution in [0.2, 0.25) is 0 Å². The quantitative estimate of drug-likeness (QED) is 0.353. The number of rotatable bonds is 8. The van der Waals surface area contributed by atoms with Crippen LogP contribution in [0.1, 0.15) is 37.1 Å². The molecule has 9 nitrogen and oxygen atoms in total. The van der Waals surface area contributed by atoms with Crippen molar-refractivity contribution in [1.29, 1.82) is 0 Å². The van der Waals surface area contributed by atoms with Gasteiger partial charge in [-0.25, -0.2) is 14.6 Å². The summed E-state index contributed by atoms with van der Waals surface area (Å²) in [6.07, 6.45) is 4.62. The maximum atomic E-state index is 11.4. The lowest BCUT2D eigenvalue weighted by Gasteiger charge is -2.27. The minimum absolute atomic E-state index is 0.114. The number of aryl methyl sites for hydroxylation is 2. The number of hydrogen-bond acceptors (Lipinski definition) is 7. The number of nitrogens with one attached hydrogen (secondary N) is 1. The van der Waals surface area contributed by atoms with Crippen LogP contribution in [-0.4, -0.2) is 42.1 Å². The van der Waals surface area contributed by atoms with Crippen molar-refractivity contribution in [3.8, 4) is 28.3 Å². The Kier molecular flexibility index (Phi) is 7.11. The Morgan fingerprint density at radius 2 is 1.97 bits per heavy atom. The molecule has 3 aromatic heterocycles. The topological polar surface area (TPSA) is 115 Å². The standard InChI is InChI=1S/C28H30N6O3/c1-18-25(37-22-10-6-9-21(15-22)28(35)36)12-11-23(31-18)27-24(34(2)33-32-27)17-30-26-16-20(13-14-29-26)19-7-4-3-5-8-19/h3-5,7-8,11-14,16,21-22H,6,9-10,15,17H2,1-2H3,(H,29,30)(H,35,36). The predicted molar refractivity (Wildman–Crippen MR) is 140 cm³/mol. The van der Waals surface area contributed by atoms with Gasteiger partial charge in [-0.2, -0.15) is 0 Å². The molecule has 1 fully saturated rings. The fourth-order valence-corrected chi connectivity index (χ4v) is 4.75. The third kappa shape index (κ3) is 5.61. The third-order valence-corrected chi connectivity index (χ3v) is 6.80. The van der Waals surface area contributed by atoms with Crippen LogP contribution in [0.3, 0.4) is 0 Å². The van der Waals surface area contributed by atoms with Gasteiger partial charge in [0.15, 0.2) is 0 Å². The van der Waals surface area contributed by atoms with Gasteiger partial charge < -0.3 is 15.2 Å². The van der Waals surface area contributed by atoms with Gasteiger partial charge in [0.1, 0.15) is 17.3 Å². The summed E-state index contributed by atoms with van der Waals surface area (Å²) >= 11 is 0. The first-order chi connectivity index (χ1) is 18.0. The zero-order chi connectivity index (χ0) is 25.8. The molecule has 2 unspecified atom stereocenters. The van der Waals surface area contributed by atoms with Crippen molar-refractivity contribution in [2.45, 2.75) is 45.3 Å². The van der Waals surface area contributed by atoms with Gasteiger partial charge in [0, 0.05) is 13.2 Å². The Morgan fingerprint density at radius 3 is 2.76 bits per heavy atom. The third-order valence-electron chi connectivity index (χ3n) is 6.80. The molecule has 0 bridgehead atoms. The maximum Gasteiger partial charge on any atom is 0.306 e. The molecule has 4 aromatic rings. The number of carboxylic acids is 1. The molecule has 190 valence electrons. The van der Waals surface area contributed by atoms with Gasteiger partial charge >= 0.3 is 5.97 Å².